The number of hydrogen-bond donors (Lipinski definition) is 4. The van der Waals surface area contributed by atoms with Crippen molar-refractivity contribution in [2.24, 2.45) is 45.6 Å². The first-order valence-corrected chi connectivity index (χ1v) is 23.0. The predicted octanol–water partition coefficient (Wildman–Crippen LogP) is 6.17. The lowest BCUT2D eigenvalue weighted by atomic mass is 9.60. The summed E-state index contributed by atoms with van der Waals surface area (Å²) in [5, 5.41) is 0. The maximum Gasteiger partial charge on any atom is 0.412 e. The highest BCUT2D eigenvalue weighted by Gasteiger charge is 2.69. The van der Waals surface area contributed by atoms with E-state index in [9.17, 15) is 28.8 Å². The van der Waals surface area contributed by atoms with Crippen LogP contribution in [0.15, 0.2) is 89.1 Å². The van der Waals surface area contributed by atoms with Gasteiger partial charge in [0, 0.05) is 52.8 Å². The summed E-state index contributed by atoms with van der Waals surface area (Å²) in [7, 11) is 0. The van der Waals surface area contributed by atoms with Gasteiger partial charge in [-0.1, -0.05) is 90.2 Å². The molecule has 8 rings (SSSR count). The van der Waals surface area contributed by atoms with E-state index < -0.39 is 87.6 Å². The molecule has 15 nitrogen and oxygen atoms in total. The van der Waals surface area contributed by atoms with Crippen LogP contribution in [0.2, 0.25) is 0 Å². The fourth-order valence-electron chi connectivity index (χ4n) is 13.4. The summed E-state index contributed by atoms with van der Waals surface area (Å²) in [6, 6.07) is 2.88. The predicted molar refractivity (Wildman–Crippen MR) is 247 cm³/mol. The standard InChI is InChI=1S/C51H60FN7O8/c1-8-33-34(9-2)41(37-13-11-25-58(37)51(43(54)61,45(63)67-47(56)65)49(6,7)39-30-18-19-31(39)21-20-30)59(35-23-22-32(52)26-27(35)3)40(33)36-12-10-24-57(36)50(42(53)60,44(62)66-46(55)64)48(4,5)38-28-14-15-29(38)17-16-28/h14-23,26,36-39H,8-13,24-25H2,1-7H3,(H2,53,60)(H2,54,61)(H2,55,64)(H2,56,65)/t36?,37?,50-,51-/m0/s1. The zero-order valence-electron chi connectivity index (χ0n) is 39.1. The summed E-state index contributed by atoms with van der Waals surface area (Å²) in [5.41, 5.74) is 24.5. The molecule has 4 aliphatic carbocycles. The Morgan fingerprint density at radius 2 is 1.01 bits per heavy atom. The Morgan fingerprint density at radius 3 is 1.31 bits per heavy atom. The number of nitrogens with zero attached hydrogens (tertiary/aromatic N) is 3. The van der Waals surface area contributed by atoms with E-state index in [4.69, 9.17) is 32.4 Å². The van der Waals surface area contributed by atoms with Crippen molar-refractivity contribution in [1.82, 2.24) is 14.4 Å². The van der Waals surface area contributed by atoms with Crippen molar-refractivity contribution in [2.75, 3.05) is 13.1 Å². The average molecular weight is 918 g/mol. The minimum absolute atomic E-state index is 0.172. The minimum atomic E-state index is -2.30. The van der Waals surface area contributed by atoms with Gasteiger partial charge in [0.25, 0.3) is 0 Å². The molecule has 8 N–H and O–H groups in total. The molecular formula is C51H60FN7O8. The Balaban J connectivity index is 1.42. The molecule has 2 unspecified atom stereocenters. The fraction of sp³-hybridized carbons (Fsp3) is 0.451. The first-order chi connectivity index (χ1) is 31.6. The van der Waals surface area contributed by atoms with Crippen LogP contribution in [0.5, 0.6) is 0 Å². The number of allylic oxidation sites excluding steroid dienone is 12. The van der Waals surface area contributed by atoms with Gasteiger partial charge in [-0.05, 0) is 103 Å². The number of nitrogens with two attached hydrogens (primary N) is 4. The zero-order chi connectivity index (χ0) is 48.7. The van der Waals surface area contributed by atoms with Crippen molar-refractivity contribution in [3.8, 4) is 5.69 Å². The molecular weight excluding hydrogens is 858 g/mol. The maximum absolute atomic E-state index is 15.2. The summed E-state index contributed by atoms with van der Waals surface area (Å²) >= 11 is 0. The third-order valence-corrected chi connectivity index (χ3v) is 15.8. The van der Waals surface area contributed by atoms with Gasteiger partial charge in [0.1, 0.15) is 5.82 Å². The normalized spacial score (nSPS) is 22.3. The van der Waals surface area contributed by atoms with Crippen molar-refractivity contribution in [3.63, 3.8) is 0 Å². The number of primary amides is 4. The Labute approximate surface area is 389 Å². The second-order valence-corrected chi connectivity index (χ2v) is 19.6. The van der Waals surface area contributed by atoms with E-state index in [1.165, 1.54) is 12.1 Å². The average Bonchev–Trinajstić information content (AvgIpc) is 4.12. The van der Waals surface area contributed by atoms with Crippen molar-refractivity contribution < 1.29 is 42.6 Å². The lowest BCUT2D eigenvalue weighted by Gasteiger charge is -2.52. The molecule has 2 aliphatic heterocycles. The number of amides is 4. The number of carbonyl (C=O) groups excluding carboxylic acids is 6. The summed E-state index contributed by atoms with van der Waals surface area (Å²) in [6.45, 7) is 13.2. The largest absolute Gasteiger partial charge is 0.412 e. The molecule has 6 aliphatic rings. The number of carbonyl (C=O) groups is 6. The molecule has 354 valence electrons. The number of aromatic nitrogens is 1. The van der Waals surface area contributed by atoms with Crippen molar-refractivity contribution >= 4 is 35.9 Å². The highest BCUT2D eigenvalue weighted by molar-refractivity contribution is 6.11. The number of ether oxygens (including phenoxy) is 2. The van der Waals surface area contributed by atoms with Crippen LogP contribution >= 0.6 is 0 Å². The second-order valence-electron chi connectivity index (χ2n) is 19.6. The number of aryl methyl sites for hydroxylation is 1. The summed E-state index contributed by atoms with van der Waals surface area (Å²) in [5.74, 6) is -5.93. The molecule has 0 saturated carbocycles. The maximum atomic E-state index is 15.2. The summed E-state index contributed by atoms with van der Waals surface area (Å²) < 4.78 is 27.8. The quantitative estimate of drug-likeness (QED) is 0.117. The molecule has 67 heavy (non-hydrogen) atoms. The number of fused-ring (bicyclic) bond motifs is 4. The van der Waals surface area contributed by atoms with Gasteiger partial charge < -0.3 is 37.0 Å². The zero-order valence-corrected chi connectivity index (χ0v) is 39.1. The Kier molecular flexibility index (Phi) is 11.8. The molecule has 4 atom stereocenters. The van der Waals surface area contributed by atoms with Crippen LogP contribution in [0.4, 0.5) is 14.0 Å². The van der Waals surface area contributed by atoms with Gasteiger partial charge >= 0.3 is 24.1 Å². The van der Waals surface area contributed by atoms with E-state index in [0.717, 1.165) is 33.4 Å². The van der Waals surface area contributed by atoms with Crippen LogP contribution in [0.1, 0.15) is 107 Å². The smallest absolute Gasteiger partial charge is 0.375 e. The summed E-state index contributed by atoms with van der Waals surface area (Å²) in [4.78, 5) is 87.9. The van der Waals surface area contributed by atoms with Gasteiger partial charge in [-0.3, -0.25) is 19.4 Å². The molecule has 0 radical (unpaired) electrons. The van der Waals surface area contributed by atoms with E-state index in [2.05, 4.69) is 0 Å². The van der Waals surface area contributed by atoms with E-state index in [-0.39, 0.29) is 13.1 Å². The Morgan fingerprint density at radius 1 is 0.642 bits per heavy atom. The topological polar surface area (TPSA) is 236 Å². The molecule has 4 bridgehead atoms. The number of halogens is 1. The van der Waals surface area contributed by atoms with Gasteiger partial charge in [0.2, 0.25) is 22.9 Å². The van der Waals surface area contributed by atoms with Crippen LogP contribution in [0, 0.1) is 35.4 Å². The number of likely N-dealkylation sites (tertiary alicyclic amines) is 2. The van der Waals surface area contributed by atoms with Crippen LogP contribution < -0.4 is 22.9 Å². The Hall–Kier alpha value is -6.39. The number of esters is 2. The molecule has 1 aromatic heterocycles. The third kappa shape index (κ3) is 6.64. The highest BCUT2D eigenvalue weighted by Crippen LogP contribution is 2.59. The van der Waals surface area contributed by atoms with E-state index in [1.807, 2.05) is 67.0 Å². The number of hydrogen-bond acceptors (Lipinski definition) is 10. The molecule has 2 aromatic rings. The summed E-state index contributed by atoms with van der Waals surface area (Å²) in [6.07, 6.45) is 15.3. The van der Waals surface area contributed by atoms with Crippen molar-refractivity contribution in [2.45, 2.75) is 110 Å². The molecule has 16 heteroatoms. The van der Waals surface area contributed by atoms with Crippen LogP contribution in [-0.2, 0) is 41.5 Å². The van der Waals surface area contributed by atoms with Crippen LogP contribution in [0.25, 0.3) is 5.69 Å². The van der Waals surface area contributed by atoms with Crippen LogP contribution in [0.3, 0.4) is 0 Å². The lowest BCUT2D eigenvalue weighted by Crippen LogP contribution is -2.72. The molecule has 2 fully saturated rings. The number of rotatable bonds is 15. The molecule has 2 saturated heterocycles. The SMILES string of the molecule is CCc1c(CC)c(C2CCCN2[C@@](C(N)=O)(C(=O)OC(N)=O)C(C)(C)C2C3=CC=C2C=C3)n(-c2ccc(F)cc2C)c1C1CCCN1[C@@](C(N)=O)(C(=O)OC(N)=O)C(C)(C)C1C2=CC=C1C=C2. The van der Waals surface area contributed by atoms with Crippen molar-refractivity contribution in [1.29, 1.82) is 0 Å². The Bertz CT molecular complexity index is 2520. The fourth-order valence-corrected chi connectivity index (χ4v) is 13.4. The monoisotopic (exact) mass is 917 g/mol. The van der Waals surface area contributed by atoms with Crippen molar-refractivity contribution in [3.05, 3.63) is 123 Å². The van der Waals surface area contributed by atoms with Gasteiger partial charge in [-0.2, -0.15) is 0 Å². The first-order valence-electron chi connectivity index (χ1n) is 23.0. The molecule has 1 aromatic carbocycles. The van der Waals surface area contributed by atoms with Gasteiger partial charge in [0.05, 0.1) is 12.1 Å². The van der Waals surface area contributed by atoms with Crippen LogP contribution in [-0.4, -0.2) is 74.5 Å². The van der Waals surface area contributed by atoms with Gasteiger partial charge in [-0.15, -0.1) is 0 Å². The molecule has 3 heterocycles. The van der Waals surface area contributed by atoms with E-state index >= 15 is 4.39 Å². The number of benzene rings is 1. The second kappa shape index (κ2) is 16.7. The third-order valence-electron chi connectivity index (χ3n) is 15.8. The first kappa shape index (κ1) is 47.1. The lowest BCUT2D eigenvalue weighted by molar-refractivity contribution is -0.172. The molecule has 4 amide bonds. The van der Waals surface area contributed by atoms with E-state index in [1.54, 1.807) is 50.5 Å². The van der Waals surface area contributed by atoms with Gasteiger partial charge in [0.15, 0.2) is 0 Å². The van der Waals surface area contributed by atoms with E-state index in [0.29, 0.717) is 61.2 Å². The minimum Gasteiger partial charge on any atom is -0.375 e. The molecule has 0 spiro atoms. The highest BCUT2D eigenvalue weighted by atomic mass is 19.1. The van der Waals surface area contributed by atoms with Gasteiger partial charge in [-0.25, -0.2) is 23.6 Å².